The van der Waals surface area contributed by atoms with Crippen molar-refractivity contribution in [1.29, 1.82) is 0 Å². The fraction of sp³-hybridized carbons (Fsp3) is 0.250. The Hall–Kier alpha value is -1.19. The minimum Gasteiger partial charge on any atom is -0.495 e. The SMILES string of the molecule is C/C(C(N)=O)=C(\N)O. The lowest BCUT2D eigenvalue weighted by Gasteiger charge is -1.92. The summed E-state index contributed by atoms with van der Waals surface area (Å²) >= 11 is 0. The van der Waals surface area contributed by atoms with E-state index in [1.54, 1.807) is 0 Å². The van der Waals surface area contributed by atoms with Gasteiger partial charge in [0, 0.05) is 0 Å². The molecule has 0 fully saturated rings. The third-order valence-electron chi connectivity index (χ3n) is 0.754. The lowest BCUT2D eigenvalue weighted by molar-refractivity contribution is -0.114. The number of primary amides is 1. The number of aliphatic hydroxyl groups excluding tert-OH is 1. The van der Waals surface area contributed by atoms with E-state index in [1.165, 1.54) is 6.92 Å². The van der Waals surface area contributed by atoms with Gasteiger partial charge in [-0.15, -0.1) is 0 Å². The molecule has 0 aliphatic rings. The van der Waals surface area contributed by atoms with Crippen LogP contribution in [0.3, 0.4) is 0 Å². The molecule has 0 bridgehead atoms. The summed E-state index contributed by atoms with van der Waals surface area (Å²) in [5.74, 6) is -1.22. The highest BCUT2D eigenvalue weighted by Gasteiger charge is 1.99. The first-order valence-electron chi connectivity index (χ1n) is 2.01. The molecule has 0 atom stereocenters. The van der Waals surface area contributed by atoms with Crippen LogP contribution in [0.5, 0.6) is 0 Å². The maximum absolute atomic E-state index is 10.1. The fourth-order valence-electron chi connectivity index (χ4n) is 0.126. The van der Waals surface area contributed by atoms with Crippen LogP contribution < -0.4 is 11.5 Å². The Morgan fingerprint density at radius 1 is 1.50 bits per heavy atom. The van der Waals surface area contributed by atoms with E-state index in [2.05, 4.69) is 0 Å². The molecule has 0 aromatic carbocycles. The Bertz CT molecular complexity index is 135. The molecule has 5 N–H and O–H groups in total. The summed E-state index contributed by atoms with van der Waals surface area (Å²) in [4.78, 5) is 10.1. The average molecular weight is 116 g/mol. The smallest absolute Gasteiger partial charge is 0.249 e. The van der Waals surface area contributed by atoms with Gasteiger partial charge in [-0.2, -0.15) is 0 Å². The molecule has 0 aromatic rings. The molecule has 46 valence electrons. The monoisotopic (exact) mass is 116 g/mol. The summed E-state index contributed by atoms with van der Waals surface area (Å²) in [6, 6.07) is 0. The Morgan fingerprint density at radius 3 is 1.88 bits per heavy atom. The van der Waals surface area contributed by atoms with Gasteiger partial charge in [0.25, 0.3) is 0 Å². The van der Waals surface area contributed by atoms with Crippen LogP contribution >= 0.6 is 0 Å². The first kappa shape index (κ1) is 6.81. The zero-order chi connectivity index (χ0) is 6.73. The highest BCUT2D eigenvalue weighted by atomic mass is 16.3. The first-order valence-corrected chi connectivity index (χ1v) is 2.01. The van der Waals surface area contributed by atoms with Crippen LogP contribution in [0.1, 0.15) is 6.92 Å². The molecule has 8 heavy (non-hydrogen) atoms. The van der Waals surface area contributed by atoms with Gasteiger partial charge < -0.3 is 16.6 Å². The third-order valence-corrected chi connectivity index (χ3v) is 0.754. The van der Waals surface area contributed by atoms with Crippen molar-refractivity contribution in [2.75, 3.05) is 0 Å². The molecule has 4 nitrogen and oxygen atoms in total. The topological polar surface area (TPSA) is 89.3 Å². The van der Waals surface area contributed by atoms with Crippen molar-refractivity contribution in [1.82, 2.24) is 0 Å². The van der Waals surface area contributed by atoms with Crippen molar-refractivity contribution < 1.29 is 9.90 Å². The molecule has 0 aliphatic heterocycles. The summed E-state index contributed by atoms with van der Waals surface area (Å²) in [5, 5.41) is 8.35. The van der Waals surface area contributed by atoms with Crippen LogP contribution in [0.4, 0.5) is 0 Å². The fourth-order valence-corrected chi connectivity index (χ4v) is 0.126. The van der Waals surface area contributed by atoms with Gasteiger partial charge in [-0.3, -0.25) is 4.79 Å². The van der Waals surface area contributed by atoms with Gasteiger partial charge in [0.15, 0.2) is 5.88 Å². The molecular weight excluding hydrogens is 108 g/mol. The highest BCUT2D eigenvalue weighted by Crippen LogP contribution is 1.90. The highest BCUT2D eigenvalue weighted by molar-refractivity contribution is 5.91. The molecule has 0 aromatic heterocycles. The molecule has 0 unspecified atom stereocenters. The zero-order valence-electron chi connectivity index (χ0n) is 4.51. The minimum absolute atomic E-state index is 0.00926. The zero-order valence-corrected chi connectivity index (χ0v) is 4.51. The van der Waals surface area contributed by atoms with Gasteiger partial charge in [-0.25, -0.2) is 0 Å². The molecule has 0 saturated heterocycles. The molecule has 0 heterocycles. The molecule has 1 amide bonds. The first-order chi connectivity index (χ1) is 3.55. The average Bonchev–Trinajstić information content (AvgIpc) is 1.64. The quantitative estimate of drug-likeness (QED) is 0.310. The van der Waals surface area contributed by atoms with Gasteiger partial charge in [0.1, 0.15) is 0 Å². The van der Waals surface area contributed by atoms with Crippen LogP contribution in [0.15, 0.2) is 11.5 Å². The largest absolute Gasteiger partial charge is 0.495 e. The van der Waals surface area contributed by atoms with Crippen molar-refractivity contribution in [3.63, 3.8) is 0 Å². The van der Waals surface area contributed by atoms with E-state index in [4.69, 9.17) is 16.6 Å². The summed E-state index contributed by atoms with van der Waals surface area (Å²) in [6.45, 7) is 1.34. The lowest BCUT2D eigenvalue weighted by Crippen LogP contribution is -2.16. The van der Waals surface area contributed by atoms with E-state index in [0.29, 0.717) is 0 Å². The number of hydrogen-bond donors (Lipinski definition) is 3. The van der Waals surface area contributed by atoms with Crippen LogP contribution in [0, 0.1) is 0 Å². The Labute approximate surface area is 46.8 Å². The van der Waals surface area contributed by atoms with Crippen molar-refractivity contribution in [2.24, 2.45) is 11.5 Å². The third kappa shape index (κ3) is 1.51. The maximum Gasteiger partial charge on any atom is 0.249 e. The summed E-state index contributed by atoms with van der Waals surface area (Å²) in [7, 11) is 0. The van der Waals surface area contributed by atoms with Crippen LogP contribution in [-0.4, -0.2) is 11.0 Å². The number of carbonyl (C=O) groups is 1. The Kier molecular flexibility index (Phi) is 1.88. The maximum atomic E-state index is 10.1. The predicted octanol–water partition coefficient (Wildman–Crippen LogP) is -0.780. The number of aliphatic hydroxyl groups is 1. The van der Waals surface area contributed by atoms with Crippen LogP contribution in [0.2, 0.25) is 0 Å². The van der Waals surface area contributed by atoms with Crippen molar-refractivity contribution in [2.45, 2.75) is 6.92 Å². The molecule has 0 spiro atoms. The number of hydrogen-bond acceptors (Lipinski definition) is 3. The van der Waals surface area contributed by atoms with Gasteiger partial charge in [-0.1, -0.05) is 0 Å². The van der Waals surface area contributed by atoms with Gasteiger partial charge in [0.2, 0.25) is 5.91 Å². The number of nitrogens with two attached hydrogens (primary N) is 2. The Morgan fingerprint density at radius 2 is 1.88 bits per heavy atom. The van der Waals surface area contributed by atoms with E-state index in [-0.39, 0.29) is 5.57 Å². The molecule has 0 saturated carbocycles. The van der Waals surface area contributed by atoms with E-state index < -0.39 is 11.8 Å². The van der Waals surface area contributed by atoms with Crippen LogP contribution in [0.25, 0.3) is 0 Å². The van der Waals surface area contributed by atoms with Crippen molar-refractivity contribution in [3.8, 4) is 0 Å². The second kappa shape index (κ2) is 2.20. The summed E-state index contributed by atoms with van der Waals surface area (Å²) in [5.41, 5.74) is 9.46. The molecule has 4 heteroatoms. The second-order valence-corrected chi connectivity index (χ2v) is 1.37. The Balaban J connectivity index is 4.23. The molecule has 0 aliphatic carbocycles. The van der Waals surface area contributed by atoms with Gasteiger partial charge in [0.05, 0.1) is 5.57 Å². The number of carbonyl (C=O) groups excluding carboxylic acids is 1. The van der Waals surface area contributed by atoms with E-state index in [0.717, 1.165) is 0 Å². The number of rotatable bonds is 1. The van der Waals surface area contributed by atoms with Crippen LogP contribution in [-0.2, 0) is 4.79 Å². The molecular formula is C4H8N2O2. The van der Waals surface area contributed by atoms with E-state index in [1.807, 2.05) is 0 Å². The summed E-state index contributed by atoms with van der Waals surface area (Å²) in [6.07, 6.45) is 0. The van der Waals surface area contributed by atoms with E-state index >= 15 is 0 Å². The predicted molar refractivity (Wildman–Crippen MR) is 28.7 cm³/mol. The van der Waals surface area contributed by atoms with Gasteiger partial charge in [-0.05, 0) is 6.92 Å². The van der Waals surface area contributed by atoms with Crippen molar-refractivity contribution in [3.05, 3.63) is 11.5 Å². The lowest BCUT2D eigenvalue weighted by atomic mass is 10.3. The minimum atomic E-state index is -0.704. The van der Waals surface area contributed by atoms with Gasteiger partial charge >= 0.3 is 0 Å². The van der Waals surface area contributed by atoms with E-state index in [9.17, 15) is 4.79 Å². The number of amides is 1. The van der Waals surface area contributed by atoms with Crippen molar-refractivity contribution >= 4 is 5.91 Å². The second-order valence-electron chi connectivity index (χ2n) is 1.37. The molecule has 0 rings (SSSR count). The normalized spacial score (nSPS) is 12.6. The standard InChI is InChI=1S/C4H8N2O2/c1-2(3(5)7)4(6)8/h7H,5H2,1H3,(H2,6,8)/b3-2-. The molecule has 0 radical (unpaired) electrons. The summed E-state index contributed by atoms with van der Waals surface area (Å²) < 4.78 is 0.